The summed E-state index contributed by atoms with van der Waals surface area (Å²) in [6.45, 7) is 2.92. The Hall–Kier alpha value is -2.36. The molecule has 0 saturated carbocycles. The molecule has 0 unspecified atom stereocenters. The third-order valence-electron chi connectivity index (χ3n) is 4.44. The predicted molar refractivity (Wildman–Crippen MR) is 110 cm³/mol. The van der Waals surface area contributed by atoms with Gasteiger partial charge in [-0.3, -0.25) is 4.84 Å². The highest BCUT2D eigenvalue weighted by atomic mass is 32.1. The second-order valence-corrected chi connectivity index (χ2v) is 8.18. The molecule has 0 aliphatic heterocycles. The van der Waals surface area contributed by atoms with Gasteiger partial charge in [0.05, 0.1) is 29.4 Å². The SMILES string of the molecule is CC(C)(O)c1cc(F)c(-c2cc(CON)c(Nc3ccc(CO)cc3)s2)c(F)c1. The molecule has 8 heteroatoms. The number of nitrogens with one attached hydrogen (secondary N) is 1. The van der Waals surface area contributed by atoms with Crippen LogP contribution in [0, 0.1) is 11.6 Å². The van der Waals surface area contributed by atoms with E-state index in [9.17, 15) is 13.9 Å². The van der Waals surface area contributed by atoms with E-state index in [1.54, 1.807) is 30.3 Å². The lowest BCUT2D eigenvalue weighted by molar-refractivity contribution is 0.0779. The Balaban J connectivity index is 2.00. The number of nitrogens with two attached hydrogens (primary N) is 1. The van der Waals surface area contributed by atoms with Gasteiger partial charge in [-0.25, -0.2) is 14.7 Å². The first kappa shape index (κ1) is 21.4. The number of hydrogen-bond acceptors (Lipinski definition) is 6. The molecule has 154 valence electrons. The smallest absolute Gasteiger partial charge is 0.135 e. The molecule has 1 aromatic heterocycles. The first-order valence-electron chi connectivity index (χ1n) is 8.86. The number of aliphatic hydroxyl groups is 2. The molecule has 0 fully saturated rings. The van der Waals surface area contributed by atoms with Crippen molar-refractivity contribution in [1.29, 1.82) is 0 Å². The summed E-state index contributed by atoms with van der Waals surface area (Å²) in [6.07, 6.45) is 0. The van der Waals surface area contributed by atoms with Crippen LogP contribution in [-0.4, -0.2) is 10.2 Å². The van der Waals surface area contributed by atoms with Crippen LogP contribution in [0.5, 0.6) is 0 Å². The maximum Gasteiger partial charge on any atom is 0.135 e. The van der Waals surface area contributed by atoms with Crippen LogP contribution in [-0.2, 0) is 23.7 Å². The highest BCUT2D eigenvalue weighted by Gasteiger charge is 2.23. The maximum absolute atomic E-state index is 14.7. The quantitative estimate of drug-likeness (QED) is 0.421. The maximum atomic E-state index is 14.7. The minimum Gasteiger partial charge on any atom is -0.392 e. The zero-order valence-corrected chi connectivity index (χ0v) is 16.8. The Morgan fingerprint density at radius 2 is 1.72 bits per heavy atom. The summed E-state index contributed by atoms with van der Waals surface area (Å²) in [5.74, 6) is 3.69. The molecule has 0 spiro atoms. The molecule has 3 rings (SSSR count). The summed E-state index contributed by atoms with van der Waals surface area (Å²) < 4.78 is 29.4. The minimum absolute atomic E-state index is 0.0541. The number of thiophene rings is 1. The van der Waals surface area contributed by atoms with Crippen LogP contribution in [0.25, 0.3) is 10.4 Å². The predicted octanol–water partition coefficient (Wildman–Crippen LogP) is 4.55. The molecule has 5 nitrogen and oxygen atoms in total. The average molecular weight is 420 g/mol. The van der Waals surface area contributed by atoms with E-state index in [4.69, 9.17) is 15.8 Å². The molecule has 0 saturated heterocycles. The minimum atomic E-state index is -1.36. The molecule has 0 radical (unpaired) electrons. The van der Waals surface area contributed by atoms with Crippen LogP contribution in [0.2, 0.25) is 0 Å². The molecule has 3 aromatic rings. The van der Waals surface area contributed by atoms with E-state index in [1.165, 1.54) is 13.8 Å². The Morgan fingerprint density at radius 1 is 1.10 bits per heavy atom. The largest absolute Gasteiger partial charge is 0.392 e. The van der Waals surface area contributed by atoms with Crippen molar-refractivity contribution in [2.24, 2.45) is 5.90 Å². The zero-order valence-electron chi connectivity index (χ0n) is 16.0. The van der Waals surface area contributed by atoms with Gasteiger partial charge in [0, 0.05) is 16.1 Å². The summed E-state index contributed by atoms with van der Waals surface area (Å²) >= 11 is 1.16. The van der Waals surface area contributed by atoms with E-state index >= 15 is 0 Å². The van der Waals surface area contributed by atoms with Crippen LogP contribution >= 0.6 is 11.3 Å². The van der Waals surface area contributed by atoms with Gasteiger partial charge in [0.1, 0.15) is 11.6 Å². The summed E-state index contributed by atoms with van der Waals surface area (Å²) in [6, 6.07) is 11.0. The first-order chi connectivity index (χ1) is 13.7. The topological polar surface area (TPSA) is 87.7 Å². The second kappa shape index (κ2) is 8.56. The molecule has 0 atom stereocenters. The van der Waals surface area contributed by atoms with Gasteiger partial charge in [-0.15, -0.1) is 11.3 Å². The highest BCUT2D eigenvalue weighted by Crippen LogP contribution is 2.40. The number of benzene rings is 2. The van der Waals surface area contributed by atoms with E-state index < -0.39 is 17.2 Å². The molecule has 0 aliphatic rings. The number of halogens is 2. The normalized spacial score (nSPS) is 11.7. The van der Waals surface area contributed by atoms with Crippen molar-refractivity contribution in [3.05, 3.63) is 70.8 Å². The summed E-state index contributed by atoms with van der Waals surface area (Å²) in [4.78, 5) is 5.09. The monoisotopic (exact) mass is 420 g/mol. The fraction of sp³-hybridized carbons (Fsp3) is 0.238. The van der Waals surface area contributed by atoms with Crippen molar-refractivity contribution < 1.29 is 23.8 Å². The van der Waals surface area contributed by atoms with E-state index in [0.29, 0.717) is 15.4 Å². The Labute approximate surface area is 171 Å². The molecule has 1 heterocycles. The zero-order chi connectivity index (χ0) is 21.2. The number of aliphatic hydroxyl groups excluding tert-OH is 1. The number of hydrogen-bond donors (Lipinski definition) is 4. The van der Waals surface area contributed by atoms with Crippen molar-refractivity contribution in [2.75, 3.05) is 5.32 Å². The van der Waals surface area contributed by atoms with Crippen LogP contribution in [0.1, 0.15) is 30.5 Å². The van der Waals surface area contributed by atoms with Gasteiger partial charge < -0.3 is 15.5 Å². The number of rotatable bonds is 7. The van der Waals surface area contributed by atoms with Gasteiger partial charge in [0.15, 0.2) is 0 Å². The molecule has 29 heavy (non-hydrogen) atoms. The van der Waals surface area contributed by atoms with Gasteiger partial charge in [0.2, 0.25) is 0 Å². The van der Waals surface area contributed by atoms with Crippen LogP contribution in [0.3, 0.4) is 0 Å². The average Bonchev–Trinajstić information content (AvgIpc) is 3.03. The summed E-state index contributed by atoms with van der Waals surface area (Å²) in [7, 11) is 0. The van der Waals surface area contributed by atoms with E-state index in [2.05, 4.69) is 5.32 Å². The molecular weight excluding hydrogens is 398 g/mol. The lowest BCUT2D eigenvalue weighted by atomic mass is 9.96. The molecular formula is C21H22F2N2O3S. The van der Waals surface area contributed by atoms with Gasteiger partial charge >= 0.3 is 0 Å². The third-order valence-corrected chi connectivity index (χ3v) is 5.55. The standard InChI is InChI=1S/C21H22F2N2O3S/c1-21(2,27)14-8-16(22)19(17(23)9-14)18-7-13(11-28-24)20(29-18)25-15-5-3-12(10-26)4-6-15/h3-9,25-27H,10-11,24H2,1-2H3. The Bertz CT molecular complexity index is 975. The Morgan fingerprint density at radius 3 is 2.24 bits per heavy atom. The van der Waals surface area contributed by atoms with Crippen molar-refractivity contribution in [3.63, 3.8) is 0 Å². The van der Waals surface area contributed by atoms with Gasteiger partial charge in [0.25, 0.3) is 0 Å². The third kappa shape index (κ3) is 4.80. The van der Waals surface area contributed by atoms with Gasteiger partial charge in [-0.2, -0.15) is 0 Å². The van der Waals surface area contributed by atoms with Gasteiger partial charge in [-0.1, -0.05) is 12.1 Å². The van der Waals surface area contributed by atoms with Crippen molar-refractivity contribution in [2.45, 2.75) is 32.7 Å². The Kier molecular flexibility index (Phi) is 6.30. The highest BCUT2D eigenvalue weighted by molar-refractivity contribution is 7.19. The van der Waals surface area contributed by atoms with Crippen LogP contribution in [0.4, 0.5) is 19.5 Å². The lowest BCUT2D eigenvalue weighted by Gasteiger charge is -2.18. The molecule has 0 amide bonds. The first-order valence-corrected chi connectivity index (χ1v) is 9.68. The lowest BCUT2D eigenvalue weighted by Crippen LogP contribution is -2.16. The van der Waals surface area contributed by atoms with E-state index in [1.807, 2.05) is 0 Å². The summed E-state index contributed by atoms with van der Waals surface area (Å²) in [5.41, 5.74) is 0.771. The van der Waals surface area contributed by atoms with Crippen LogP contribution < -0.4 is 11.2 Å². The summed E-state index contributed by atoms with van der Waals surface area (Å²) in [5, 5.41) is 23.0. The van der Waals surface area contributed by atoms with Crippen molar-refractivity contribution in [3.8, 4) is 10.4 Å². The molecule has 0 aliphatic carbocycles. The molecule has 2 aromatic carbocycles. The van der Waals surface area contributed by atoms with Crippen molar-refractivity contribution in [1.82, 2.24) is 0 Å². The van der Waals surface area contributed by atoms with E-state index in [0.717, 1.165) is 34.7 Å². The number of anilines is 2. The van der Waals surface area contributed by atoms with Gasteiger partial charge in [-0.05, 0) is 55.3 Å². The van der Waals surface area contributed by atoms with Crippen LogP contribution in [0.15, 0.2) is 42.5 Å². The van der Waals surface area contributed by atoms with E-state index in [-0.39, 0.29) is 24.3 Å². The fourth-order valence-corrected chi connectivity index (χ4v) is 3.98. The second-order valence-electron chi connectivity index (χ2n) is 7.13. The van der Waals surface area contributed by atoms with Crippen molar-refractivity contribution >= 4 is 22.0 Å². The molecule has 5 N–H and O–H groups in total. The molecule has 0 bridgehead atoms. The fourth-order valence-electron chi connectivity index (χ4n) is 2.84.